The second-order valence-electron chi connectivity index (χ2n) is 4.82. The normalized spacial score (nSPS) is 16.3. The summed E-state index contributed by atoms with van der Waals surface area (Å²) in [6.45, 7) is 0.422. The first kappa shape index (κ1) is 12.8. The molecule has 1 amide bonds. The van der Waals surface area contributed by atoms with Crippen molar-refractivity contribution >= 4 is 11.7 Å². The Morgan fingerprint density at radius 3 is 2.61 bits per heavy atom. The predicted octanol–water partition coefficient (Wildman–Crippen LogP) is 0.927. The molecule has 2 rings (SSSR count). The fraction of sp³-hybridized carbons (Fsp3) is 0.538. The Bertz CT molecular complexity index is 408. The maximum atomic E-state index is 12.0. The highest BCUT2D eigenvalue weighted by atomic mass is 16.1. The molecule has 5 heteroatoms. The second kappa shape index (κ2) is 5.82. The van der Waals surface area contributed by atoms with E-state index in [1.54, 1.807) is 18.3 Å². The van der Waals surface area contributed by atoms with Crippen LogP contribution in [0.15, 0.2) is 18.3 Å². The van der Waals surface area contributed by atoms with Crippen molar-refractivity contribution in [1.29, 1.82) is 0 Å². The maximum Gasteiger partial charge on any atom is 0.231 e. The van der Waals surface area contributed by atoms with Crippen LogP contribution < -0.4 is 5.73 Å². The van der Waals surface area contributed by atoms with E-state index >= 15 is 0 Å². The largest absolute Gasteiger partial charge is 0.369 e. The molecule has 18 heavy (non-hydrogen) atoms. The van der Waals surface area contributed by atoms with Gasteiger partial charge in [-0.1, -0.05) is 12.8 Å². The summed E-state index contributed by atoms with van der Waals surface area (Å²) in [6, 6.07) is 3.86. The van der Waals surface area contributed by atoms with E-state index in [2.05, 4.69) is 4.98 Å². The van der Waals surface area contributed by atoms with Crippen molar-refractivity contribution in [2.75, 3.05) is 13.1 Å². The number of nitrogens with two attached hydrogens (primary N) is 1. The van der Waals surface area contributed by atoms with Crippen LogP contribution in [0.2, 0.25) is 0 Å². The maximum absolute atomic E-state index is 12.0. The van der Waals surface area contributed by atoms with Gasteiger partial charge >= 0.3 is 0 Å². The van der Waals surface area contributed by atoms with Crippen LogP contribution >= 0.6 is 0 Å². The van der Waals surface area contributed by atoms with E-state index in [1.165, 1.54) is 0 Å². The molecule has 1 aliphatic rings. The number of Topliss-reactive ketones (excluding diaryl/α,β-unsaturated/α-hetero) is 1. The minimum atomic E-state index is -0.374. The summed E-state index contributed by atoms with van der Waals surface area (Å²) in [7, 11) is 0. The van der Waals surface area contributed by atoms with E-state index in [1.807, 2.05) is 4.90 Å². The van der Waals surface area contributed by atoms with Crippen LogP contribution in [-0.4, -0.2) is 40.7 Å². The van der Waals surface area contributed by atoms with Crippen LogP contribution in [0.3, 0.4) is 0 Å². The summed E-state index contributed by atoms with van der Waals surface area (Å²) in [6.07, 6.45) is 6.14. The van der Waals surface area contributed by atoms with Crippen molar-refractivity contribution < 1.29 is 9.59 Å². The molecule has 1 aromatic heterocycles. The summed E-state index contributed by atoms with van der Waals surface area (Å²) in [5.74, 6) is -0.366. The molecule has 0 aliphatic heterocycles. The highest BCUT2D eigenvalue weighted by molar-refractivity contribution is 5.96. The second-order valence-corrected chi connectivity index (χ2v) is 4.82. The average molecular weight is 249 g/mol. The van der Waals surface area contributed by atoms with Crippen LogP contribution in [0.1, 0.15) is 36.2 Å². The molecule has 1 aliphatic carbocycles. The van der Waals surface area contributed by atoms with Crippen LogP contribution in [0.25, 0.3) is 0 Å². The van der Waals surface area contributed by atoms with Gasteiger partial charge in [-0.15, -0.1) is 0 Å². The monoisotopic (exact) mass is 249 g/mol. The molecule has 1 fully saturated rings. The Hall–Kier alpha value is -1.62. The molecule has 0 aromatic carbocycles. The number of rotatable bonds is 6. The minimum Gasteiger partial charge on any atom is -0.369 e. The van der Waals surface area contributed by atoms with Gasteiger partial charge in [0.05, 0.1) is 18.8 Å². The lowest BCUT2D eigenvalue weighted by Gasteiger charge is -2.26. The highest BCUT2D eigenvalue weighted by Gasteiger charge is 2.25. The van der Waals surface area contributed by atoms with Crippen molar-refractivity contribution in [1.82, 2.24) is 9.88 Å². The van der Waals surface area contributed by atoms with Crippen molar-refractivity contribution in [3.63, 3.8) is 0 Å². The van der Waals surface area contributed by atoms with Gasteiger partial charge in [0.1, 0.15) is 0 Å². The zero-order chi connectivity index (χ0) is 13.0. The third-order valence-corrected chi connectivity index (χ3v) is 3.45. The summed E-state index contributed by atoms with van der Waals surface area (Å²) < 4.78 is 0. The zero-order valence-corrected chi connectivity index (χ0v) is 10.4. The number of amides is 1. The lowest BCUT2D eigenvalue weighted by atomic mass is 10.1. The Labute approximate surface area is 106 Å². The molecule has 0 bridgehead atoms. The first-order valence-corrected chi connectivity index (χ1v) is 6.36. The summed E-state index contributed by atoms with van der Waals surface area (Å²) in [4.78, 5) is 27.9. The van der Waals surface area contributed by atoms with E-state index < -0.39 is 0 Å². The van der Waals surface area contributed by atoms with Gasteiger partial charge in [-0.05, 0) is 25.0 Å². The van der Waals surface area contributed by atoms with Crippen molar-refractivity contribution in [3.05, 3.63) is 24.0 Å². The van der Waals surface area contributed by atoms with E-state index in [9.17, 15) is 9.59 Å². The van der Waals surface area contributed by atoms with Gasteiger partial charge in [0, 0.05) is 12.2 Å². The number of carbonyl (C=O) groups is 2. The van der Waals surface area contributed by atoms with Crippen molar-refractivity contribution in [2.45, 2.75) is 31.7 Å². The van der Waals surface area contributed by atoms with Crippen molar-refractivity contribution in [3.8, 4) is 0 Å². The minimum absolute atomic E-state index is 0.00755. The Morgan fingerprint density at radius 2 is 2.06 bits per heavy atom. The SMILES string of the molecule is NC(=O)CN(CC(=O)c1ccc[nH]1)C1CCCC1. The van der Waals surface area contributed by atoms with Gasteiger partial charge in [-0.3, -0.25) is 14.5 Å². The van der Waals surface area contributed by atoms with E-state index in [-0.39, 0.29) is 24.8 Å². The molecule has 0 spiro atoms. The Balaban J connectivity index is 2.00. The first-order valence-electron chi connectivity index (χ1n) is 6.36. The molecule has 3 N–H and O–H groups in total. The quantitative estimate of drug-likeness (QED) is 0.736. The van der Waals surface area contributed by atoms with Crippen LogP contribution in [0.5, 0.6) is 0 Å². The fourth-order valence-electron chi connectivity index (χ4n) is 2.56. The molecule has 0 unspecified atom stereocenters. The van der Waals surface area contributed by atoms with Gasteiger partial charge in [-0.25, -0.2) is 0 Å². The Kier molecular flexibility index (Phi) is 4.15. The molecule has 0 radical (unpaired) electrons. The number of aromatic amines is 1. The lowest BCUT2D eigenvalue weighted by Crippen LogP contribution is -2.43. The highest BCUT2D eigenvalue weighted by Crippen LogP contribution is 2.23. The standard InChI is InChI=1S/C13H19N3O2/c14-13(18)9-16(10-4-1-2-5-10)8-12(17)11-6-3-7-15-11/h3,6-7,10,15H,1-2,4-5,8-9H2,(H2,14,18). The molecule has 1 saturated carbocycles. The van der Waals surface area contributed by atoms with E-state index in [0.29, 0.717) is 11.7 Å². The van der Waals surface area contributed by atoms with Gasteiger partial charge < -0.3 is 10.7 Å². The number of hydrogen-bond acceptors (Lipinski definition) is 3. The number of aromatic nitrogens is 1. The number of ketones is 1. The number of hydrogen-bond donors (Lipinski definition) is 2. The lowest BCUT2D eigenvalue weighted by molar-refractivity contribution is -0.119. The van der Waals surface area contributed by atoms with Crippen LogP contribution in [0, 0.1) is 0 Å². The van der Waals surface area contributed by atoms with Gasteiger partial charge in [0.15, 0.2) is 5.78 Å². The van der Waals surface area contributed by atoms with Crippen LogP contribution in [0.4, 0.5) is 0 Å². The average Bonchev–Trinajstić information content (AvgIpc) is 3.01. The smallest absolute Gasteiger partial charge is 0.231 e. The molecular weight excluding hydrogens is 230 g/mol. The molecule has 1 heterocycles. The Morgan fingerprint density at radius 1 is 1.33 bits per heavy atom. The summed E-state index contributed by atoms with van der Waals surface area (Å²) in [5, 5.41) is 0. The molecule has 5 nitrogen and oxygen atoms in total. The topological polar surface area (TPSA) is 79.2 Å². The van der Waals surface area contributed by atoms with E-state index in [4.69, 9.17) is 5.73 Å². The summed E-state index contributed by atoms with van der Waals surface area (Å²) in [5.41, 5.74) is 5.84. The molecule has 98 valence electrons. The number of H-pyrrole nitrogens is 1. The number of nitrogens with one attached hydrogen (secondary N) is 1. The molecule has 1 aromatic rings. The van der Waals surface area contributed by atoms with Gasteiger partial charge in [-0.2, -0.15) is 0 Å². The number of primary amides is 1. The number of carbonyl (C=O) groups excluding carboxylic acids is 2. The molecule has 0 atom stereocenters. The first-order chi connectivity index (χ1) is 8.66. The van der Waals surface area contributed by atoms with Gasteiger partial charge in [0.25, 0.3) is 0 Å². The van der Waals surface area contributed by atoms with Gasteiger partial charge in [0.2, 0.25) is 5.91 Å². The summed E-state index contributed by atoms with van der Waals surface area (Å²) >= 11 is 0. The fourth-order valence-corrected chi connectivity index (χ4v) is 2.56. The predicted molar refractivity (Wildman–Crippen MR) is 68.1 cm³/mol. The van der Waals surface area contributed by atoms with E-state index in [0.717, 1.165) is 25.7 Å². The third-order valence-electron chi connectivity index (χ3n) is 3.45. The molecule has 0 saturated heterocycles. The van der Waals surface area contributed by atoms with Crippen molar-refractivity contribution in [2.24, 2.45) is 5.73 Å². The third kappa shape index (κ3) is 3.20. The zero-order valence-electron chi connectivity index (χ0n) is 10.4. The number of nitrogens with zero attached hydrogens (tertiary/aromatic N) is 1. The molecular formula is C13H19N3O2. The van der Waals surface area contributed by atoms with Crippen LogP contribution in [-0.2, 0) is 4.79 Å².